The van der Waals surface area contributed by atoms with Gasteiger partial charge in [-0.3, -0.25) is 0 Å². The molecule has 1 aromatic carbocycles. The standard InChI is InChI=1S/C14H12O2/c1-2-10-16-14(13-9-6-11-15-13)12-7-4-3-5-8-12/h1,3-9,11,14H,10H2. The van der Waals surface area contributed by atoms with Crippen molar-refractivity contribution in [1.29, 1.82) is 0 Å². The quantitative estimate of drug-likeness (QED) is 0.727. The smallest absolute Gasteiger partial charge is 0.141 e. The van der Waals surface area contributed by atoms with Crippen molar-refractivity contribution in [1.82, 2.24) is 0 Å². The molecule has 0 aliphatic rings. The Morgan fingerprint density at radius 3 is 2.62 bits per heavy atom. The van der Waals surface area contributed by atoms with Crippen LogP contribution in [0, 0.1) is 12.3 Å². The van der Waals surface area contributed by atoms with Crippen LogP contribution in [0.5, 0.6) is 0 Å². The van der Waals surface area contributed by atoms with Crippen LogP contribution in [0.4, 0.5) is 0 Å². The second-order valence-corrected chi connectivity index (χ2v) is 3.32. The number of hydrogen-bond acceptors (Lipinski definition) is 2. The highest BCUT2D eigenvalue weighted by Gasteiger charge is 2.16. The zero-order valence-corrected chi connectivity index (χ0v) is 8.80. The van der Waals surface area contributed by atoms with E-state index in [0.29, 0.717) is 0 Å². The minimum absolute atomic E-state index is 0.229. The van der Waals surface area contributed by atoms with Crippen molar-refractivity contribution in [2.75, 3.05) is 6.61 Å². The molecule has 2 heteroatoms. The predicted octanol–water partition coefficient (Wildman–Crippen LogP) is 3.02. The minimum atomic E-state index is -0.229. The van der Waals surface area contributed by atoms with Crippen LogP contribution >= 0.6 is 0 Å². The third-order valence-corrected chi connectivity index (χ3v) is 2.24. The highest BCUT2D eigenvalue weighted by Crippen LogP contribution is 2.25. The van der Waals surface area contributed by atoms with Crippen LogP contribution in [0.15, 0.2) is 53.1 Å². The number of benzene rings is 1. The summed E-state index contributed by atoms with van der Waals surface area (Å²) in [6.07, 6.45) is 6.60. The normalized spacial score (nSPS) is 11.9. The van der Waals surface area contributed by atoms with E-state index in [9.17, 15) is 0 Å². The fourth-order valence-corrected chi connectivity index (χ4v) is 1.54. The van der Waals surface area contributed by atoms with E-state index in [0.717, 1.165) is 11.3 Å². The molecule has 0 fully saturated rings. The van der Waals surface area contributed by atoms with Gasteiger partial charge in [-0.05, 0) is 17.7 Å². The molecule has 2 rings (SSSR count). The third-order valence-electron chi connectivity index (χ3n) is 2.24. The van der Waals surface area contributed by atoms with E-state index in [1.807, 2.05) is 42.5 Å². The highest BCUT2D eigenvalue weighted by molar-refractivity contribution is 5.24. The van der Waals surface area contributed by atoms with Gasteiger partial charge in [-0.15, -0.1) is 6.42 Å². The molecule has 1 aromatic heterocycles. The fraction of sp³-hybridized carbons (Fsp3) is 0.143. The average Bonchev–Trinajstić information content (AvgIpc) is 2.85. The Hall–Kier alpha value is -1.98. The van der Waals surface area contributed by atoms with Crippen LogP contribution in [0.2, 0.25) is 0 Å². The van der Waals surface area contributed by atoms with E-state index in [4.69, 9.17) is 15.6 Å². The molecule has 80 valence electrons. The van der Waals surface area contributed by atoms with Crippen molar-refractivity contribution in [3.8, 4) is 12.3 Å². The van der Waals surface area contributed by atoms with Gasteiger partial charge in [0.15, 0.2) is 0 Å². The maximum Gasteiger partial charge on any atom is 0.141 e. The van der Waals surface area contributed by atoms with Gasteiger partial charge in [-0.2, -0.15) is 0 Å². The van der Waals surface area contributed by atoms with Gasteiger partial charge in [0.2, 0.25) is 0 Å². The first kappa shape index (κ1) is 10.5. The van der Waals surface area contributed by atoms with Gasteiger partial charge < -0.3 is 9.15 Å². The fourth-order valence-electron chi connectivity index (χ4n) is 1.54. The Bertz CT molecular complexity index is 451. The molecule has 0 saturated carbocycles. The van der Waals surface area contributed by atoms with Gasteiger partial charge >= 0.3 is 0 Å². The maximum absolute atomic E-state index is 5.59. The lowest BCUT2D eigenvalue weighted by molar-refractivity contribution is 0.0909. The van der Waals surface area contributed by atoms with Crippen LogP contribution in [0.25, 0.3) is 0 Å². The summed E-state index contributed by atoms with van der Waals surface area (Å²) < 4.78 is 10.9. The van der Waals surface area contributed by atoms with Crippen LogP contribution in [0.1, 0.15) is 17.4 Å². The zero-order chi connectivity index (χ0) is 11.2. The van der Waals surface area contributed by atoms with Crippen molar-refractivity contribution in [3.63, 3.8) is 0 Å². The van der Waals surface area contributed by atoms with E-state index >= 15 is 0 Å². The van der Waals surface area contributed by atoms with Crippen molar-refractivity contribution in [2.24, 2.45) is 0 Å². The number of terminal acetylenes is 1. The van der Waals surface area contributed by atoms with Gasteiger partial charge in [0.05, 0.1) is 6.26 Å². The summed E-state index contributed by atoms with van der Waals surface area (Å²) in [7, 11) is 0. The summed E-state index contributed by atoms with van der Waals surface area (Å²) in [4.78, 5) is 0. The van der Waals surface area contributed by atoms with E-state index in [1.54, 1.807) is 6.26 Å². The van der Waals surface area contributed by atoms with Gasteiger partial charge in [0.25, 0.3) is 0 Å². The molecule has 2 nitrogen and oxygen atoms in total. The molecule has 0 amide bonds. The second kappa shape index (κ2) is 5.20. The Morgan fingerprint density at radius 2 is 2.00 bits per heavy atom. The number of ether oxygens (including phenoxy) is 1. The summed E-state index contributed by atoms with van der Waals surface area (Å²) in [5.41, 5.74) is 1.03. The van der Waals surface area contributed by atoms with Gasteiger partial charge in [-0.25, -0.2) is 0 Å². The lowest BCUT2D eigenvalue weighted by Crippen LogP contribution is -2.05. The zero-order valence-electron chi connectivity index (χ0n) is 8.80. The Kier molecular flexibility index (Phi) is 3.42. The van der Waals surface area contributed by atoms with Crippen molar-refractivity contribution in [2.45, 2.75) is 6.10 Å². The molecule has 0 aliphatic heterocycles. The maximum atomic E-state index is 5.59. The SMILES string of the molecule is C#CCOC(c1ccccc1)c1ccco1. The second-order valence-electron chi connectivity index (χ2n) is 3.32. The molecular formula is C14H12O2. The van der Waals surface area contributed by atoms with Crippen molar-refractivity contribution < 1.29 is 9.15 Å². The molecule has 0 bridgehead atoms. The summed E-state index contributed by atoms with van der Waals surface area (Å²) in [5.74, 6) is 3.23. The lowest BCUT2D eigenvalue weighted by atomic mass is 10.1. The molecular weight excluding hydrogens is 200 g/mol. The largest absolute Gasteiger partial charge is 0.466 e. The van der Waals surface area contributed by atoms with E-state index in [2.05, 4.69) is 5.92 Å². The van der Waals surface area contributed by atoms with Gasteiger partial charge in [0.1, 0.15) is 18.5 Å². The monoisotopic (exact) mass is 212 g/mol. The Labute approximate surface area is 94.9 Å². The van der Waals surface area contributed by atoms with Crippen LogP contribution < -0.4 is 0 Å². The molecule has 2 aromatic rings. The molecule has 1 heterocycles. The Morgan fingerprint density at radius 1 is 1.19 bits per heavy atom. The first-order valence-electron chi connectivity index (χ1n) is 5.05. The van der Waals surface area contributed by atoms with Gasteiger partial charge in [-0.1, -0.05) is 36.3 Å². The lowest BCUT2D eigenvalue weighted by Gasteiger charge is -2.14. The van der Waals surface area contributed by atoms with E-state index in [1.165, 1.54) is 0 Å². The molecule has 16 heavy (non-hydrogen) atoms. The summed E-state index contributed by atoms with van der Waals surface area (Å²) >= 11 is 0. The van der Waals surface area contributed by atoms with Crippen LogP contribution in [-0.4, -0.2) is 6.61 Å². The van der Waals surface area contributed by atoms with E-state index < -0.39 is 0 Å². The predicted molar refractivity (Wildman–Crippen MR) is 61.8 cm³/mol. The van der Waals surface area contributed by atoms with E-state index in [-0.39, 0.29) is 12.7 Å². The highest BCUT2D eigenvalue weighted by atomic mass is 16.5. The van der Waals surface area contributed by atoms with Crippen LogP contribution in [-0.2, 0) is 4.74 Å². The summed E-state index contributed by atoms with van der Waals surface area (Å²) in [6, 6.07) is 13.6. The average molecular weight is 212 g/mol. The number of furan rings is 1. The topological polar surface area (TPSA) is 22.4 Å². The van der Waals surface area contributed by atoms with Crippen LogP contribution in [0.3, 0.4) is 0 Å². The molecule has 1 unspecified atom stereocenters. The first-order chi connectivity index (χ1) is 7.92. The molecule has 0 spiro atoms. The summed E-state index contributed by atoms with van der Waals surface area (Å²) in [6.45, 7) is 0.264. The van der Waals surface area contributed by atoms with Gasteiger partial charge in [0, 0.05) is 0 Å². The number of hydrogen-bond donors (Lipinski definition) is 0. The third kappa shape index (κ3) is 2.33. The molecule has 0 aliphatic carbocycles. The molecule has 1 atom stereocenters. The first-order valence-corrected chi connectivity index (χ1v) is 5.05. The van der Waals surface area contributed by atoms with Crippen molar-refractivity contribution >= 4 is 0 Å². The van der Waals surface area contributed by atoms with Crippen molar-refractivity contribution in [3.05, 3.63) is 60.1 Å². The molecule has 0 radical (unpaired) electrons. The molecule has 0 saturated heterocycles. The summed E-state index contributed by atoms with van der Waals surface area (Å²) in [5, 5.41) is 0. The molecule has 0 N–H and O–H groups in total. The number of rotatable bonds is 4. The minimum Gasteiger partial charge on any atom is -0.466 e. The Balaban J connectivity index is 2.26.